The Kier molecular flexibility index (Phi) is 6.52. The van der Waals surface area contributed by atoms with Crippen LogP contribution in [0, 0.1) is 11.3 Å². The van der Waals surface area contributed by atoms with Crippen molar-refractivity contribution >= 4 is 21.7 Å². The fourth-order valence-electron chi connectivity index (χ4n) is 2.10. The van der Waals surface area contributed by atoms with Gasteiger partial charge >= 0.3 is 0 Å². The Balaban J connectivity index is 1.73. The minimum absolute atomic E-state index is 0.0949. The number of hydrogen-bond acceptors (Lipinski definition) is 6. The first-order chi connectivity index (χ1) is 12.4. The lowest BCUT2D eigenvalue weighted by molar-refractivity contribution is -0.118. The van der Waals surface area contributed by atoms with Crippen LogP contribution in [0.3, 0.4) is 0 Å². The average Bonchev–Trinajstić information content (AvgIpc) is 3.13. The van der Waals surface area contributed by atoms with Crippen LogP contribution in [0.5, 0.6) is 0 Å². The summed E-state index contributed by atoms with van der Waals surface area (Å²) in [5.74, 6) is -1.86. The summed E-state index contributed by atoms with van der Waals surface area (Å²) in [7, 11) is -3.64. The molecule has 8 nitrogen and oxygen atoms in total. The lowest BCUT2D eigenvalue weighted by Crippen LogP contribution is -2.37. The van der Waals surface area contributed by atoms with E-state index in [9.17, 15) is 18.0 Å². The number of sulfone groups is 1. The van der Waals surface area contributed by atoms with Crippen molar-refractivity contribution < 1.29 is 22.4 Å². The third-order valence-electron chi connectivity index (χ3n) is 3.30. The molecule has 0 saturated heterocycles. The van der Waals surface area contributed by atoms with E-state index < -0.39 is 27.4 Å². The summed E-state index contributed by atoms with van der Waals surface area (Å²) in [4.78, 5) is 23.4. The first-order valence-corrected chi connectivity index (χ1v) is 9.49. The van der Waals surface area contributed by atoms with E-state index in [1.54, 1.807) is 6.07 Å². The molecular formula is C17H17N3O5S. The molecule has 0 radical (unpaired) electrons. The smallest absolute Gasteiger partial charge is 0.287 e. The van der Waals surface area contributed by atoms with Crippen molar-refractivity contribution in [1.82, 2.24) is 10.6 Å². The molecule has 0 fully saturated rings. The minimum Gasteiger partial charge on any atom is -0.459 e. The number of nitrogens with zero attached hydrogens (tertiary/aromatic N) is 1. The monoisotopic (exact) mass is 375 g/mol. The summed E-state index contributed by atoms with van der Waals surface area (Å²) in [6.45, 7) is 0.235. The molecular weight excluding hydrogens is 358 g/mol. The van der Waals surface area contributed by atoms with Gasteiger partial charge in [0.15, 0.2) is 15.6 Å². The molecule has 1 aromatic heterocycles. The standard InChI is InChI=1S/C17H17N3O5S/c18-10-13-3-5-14(6-4-13)11-26(23,24)12-16(21)19-7-8-20-17(22)15-2-1-9-25-15/h1-6,9H,7-8,11-12H2,(H,19,21)(H,20,22). The Morgan fingerprint density at radius 3 is 2.38 bits per heavy atom. The zero-order valence-electron chi connectivity index (χ0n) is 13.8. The molecule has 2 amide bonds. The van der Waals surface area contributed by atoms with Gasteiger partial charge in [-0.3, -0.25) is 9.59 Å². The number of nitriles is 1. The number of carbonyl (C=O) groups excluding carboxylic acids is 2. The predicted octanol–water partition coefficient (Wildman–Crippen LogP) is 0.612. The zero-order chi connectivity index (χ0) is 19.0. The van der Waals surface area contributed by atoms with E-state index >= 15 is 0 Å². The maximum Gasteiger partial charge on any atom is 0.287 e. The van der Waals surface area contributed by atoms with Crippen molar-refractivity contribution in [3.8, 4) is 6.07 Å². The molecule has 26 heavy (non-hydrogen) atoms. The van der Waals surface area contributed by atoms with Crippen LogP contribution >= 0.6 is 0 Å². The fourth-order valence-corrected chi connectivity index (χ4v) is 3.41. The Hall–Kier alpha value is -3.12. The highest BCUT2D eigenvalue weighted by Crippen LogP contribution is 2.08. The molecule has 0 saturated carbocycles. The molecule has 2 aromatic rings. The molecule has 0 bridgehead atoms. The Morgan fingerprint density at radius 1 is 1.08 bits per heavy atom. The summed E-state index contributed by atoms with van der Waals surface area (Å²) < 4.78 is 29.0. The van der Waals surface area contributed by atoms with Crippen molar-refractivity contribution in [2.45, 2.75) is 5.75 Å². The summed E-state index contributed by atoms with van der Waals surface area (Å²) >= 11 is 0. The van der Waals surface area contributed by atoms with Crippen LogP contribution in [-0.4, -0.2) is 39.1 Å². The van der Waals surface area contributed by atoms with Gasteiger partial charge < -0.3 is 15.1 Å². The molecule has 0 atom stereocenters. The first-order valence-electron chi connectivity index (χ1n) is 7.67. The molecule has 0 spiro atoms. The minimum atomic E-state index is -3.64. The normalized spacial score (nSPS) is 10.7. The largest absolute Gasteiger partial charge is 0.459 e. The van der Waals surface area contributed by atoms with Gasteiger partial charge in [-0.05, 0) is 29.8 Å². The maximum atomic E-state index is 12.1. The van der Waals surface area contributed by atoms with Gasteiger partial charge in [0.25, 0.3) is 5.91 Å². The molecule has 2 N–H and O–H groups in total. The van der Waals surface area contributed by atoms with Crippen LogP contribution in [0.15, 0.2) is 47.1 Å². The molecule has 0 aliphatic heterocycles. The first kappa shape index (κ1) is 19.2. The third-order valence-corrected chi connectivity index (χ3v) is 4.77. The van der Waals surface area contributed by atoms with Gasteiger partial charge in [0, 0.05) is 13.1 Å². The van der Waals surface area contributed by atoms with Gasteiger partial charge in [-0.1, -0.05) is 12.1 Å². The van der Waals surface area contributed by atoms with Crippen molar-refractivity contribution in [3.05, 3.63) is 59.5 Å². The van der Waals surface area contributed by atoms with Gasteiger partial charge in [0.05, 0.1) is 23.6 Å². The Labute approximate surface area is 150 Å². The molecule has 9 heteroatoms. The SMILES string of the molecule is N#Cc1ccc(CS(=O)(=O)CC(=O)NCCNC(=O)c2ccco2)cc1. The number of carbonyl (C=O) groups is 2. The third kappa shape index (κ3) is 6.07. The summed E-state index contributed by atoms with van der Waals surface area (Å²) in [6.07, 6.45) is 1.37. The number of nitrogens with one attached hydrogen (secondary N) is 2. The van der Waals surface area contributed by atoms with E-state index in [0.717, 1.165) is 0 Å². The summed E-state index contributed by atoms with van der Waals surface area (Å²) in [5, 5.41) is 13.7. The van der Waals surface area contributed by atoms with E-state index in [1.807, 2.05) is 6.07 Å². The van der Waals surface area contributed by atoms with Gasteiger partial charge in [0.1, 0.15) is 5.75 Å². The number of rotatable bonds is 8. The van der Waals surface area contributed by atoms with Crippen molar-refractivity contribution in [1.29, 1.82) is 5.26 Å². The van der Waals surface area contributed by atoms with Gasteiger partial charge in [0.2, 0.25) is 5.91 Å². The predicted molar refractivity (Wildman–Crippen MR) is 92.7 cm³/mol. The molecule has 0 aliphatic carbocycles. The summed E-state index contributed by atoms with van der Waals surface area (Å²) in [6, 6.07) is 11.1. The highest BCUT2D eigenvalue weighted by atomic mass is 32.2. The second-order valence-electron chi connectivity index (χ2n) is 5.42. The molecule has 1 aromatic carbocycles. The van der Waals surface area contributed by atoms with Crippen LogP contribution < -0.4 is 10.6 Å². The lowest BCUT2D eigenvalue weighted by Gasteiger charge is -2.07. The van der Waals surface area contributed by atoms with E-state index in [0.29, 0.717) is 11.1 Å². The van der Waals surface area contributed by atoms with Crippen molar-refractivity contribution in [2.24, 2.45) is 0 Å². The van der Waals surface area contributed by atoms with Gasteiger partial charge in [-0.15, -0.1) is 0 Å². The number of amides is 2. The van der Waals surface area contributed by atoms with E-state index in [4.69, 9.17) is 9.68 Å². The molecule has 0 aliphatic rings. The lowest BCUT2D eigenvalue weighted by atomic mass is 10.2. The van der Waals surface area contributed by atoms with Crippen LogP contribution in [0.4, 0.5) is 0 Å². The average molecular weight is 375 g/mol. The molecule has 136 valence electrons. The van der Waals surface area contributed by atoms with Crippen LogP contribution in [0.25, 0.3) is 0 Å². The second kappa shape index (κ2) is 8.82. The zero-order valence-corrected chi connectivity index (χ0v) is 14.6. The molecule has 1 heterocycles. The molecule has 2 rings (SSSR count). The van der Waals surface area contributed by atoms with E-state index in [1.165, 1.54) is 36.6 Å². The fraction of sp³-hybridized carbons (Fsp3) is 0.235. The highest BCUT2D eigenvalue weighted by Gasteiger charge is 2.17. The quantitative estimate of drug-likeness (QED) is 0.651. The Bertz CT molecular complexity index is 897. The number of furan rings is 1. The second-order valence-corrected chi connectivity index (χ2v) is 7.49. The highest BCUT2D eigenvalue weighted by molar-refractivity contribution is 7.91. The van der Waals surface area contributed by atoms with Crippen molar-refractivity contribution in [3.63, 3.8) is 0 Å². The Morgan fingerprint density at radius 2 is 1.77 bits per heavy atom. The van der Waals surface area contributed by atoms with Crippen molar-refractivity contribution in [2.75, 3.05) is 18.8 Å². The van der Waals surface area contributed by atoms with E-state index in [2.05, 4.69) is 10.6 Å². The number of benzene rings is 1. The van der Waals surface area contributed by atoms with Crippen LogP contribution in [0.2, 0.25) is 0 Å². The van der Waals surface area contributed by atoms with Gasteiger partial charge in [-0.25, -0.2) is 8.42 Å². The number of hydrogen-bond donors (Lipinski definition) is 2. The van der Waals surface area contributed by atoms with Crippen LogP contribution in [-0.2, 0) is 20.4 Å². The summed E-state index contributed by atoms with van der Waals surface area (Å²) in [5.41, 5.74) is 0.933. The maximum absolute atomic E-state index is 12.1. The van der Waals surface area contributed by atoms with Gasteiger partial charge in [-0.2, -0.15) is 5.26 Å². The van der Waals surface area contributed by atoms with Crippen LogP contribution in [0.1, 0.15) is 21.7 Å². The molecule has 0 unspecified atom stereocenters. The topological polar surface area (TPSA) is 129 Å². The van der Waals surface area contributed by atoms with E-state index in [-0.39, 0.29) is 24.6 Å².